The van der Waals surface area contributed by atoms with E-state index in [1.807, 2.05) is 15.8 Å². The molecule has 0 bridgehead atoms. The van der Waals surface area contributed by atoms with E-state index >= 15 is 0 Å². The molecule has 0 saturated carbocycles. The SMILES string of the molecule is O=C(c1ccoc1)N1CCC(Cn2ccnn2)CC1. The molecule has 2 aromatic heterocycles. The minimum atomic E-state index is 0.0629. The molecule has 3 rings (SSSR count). The number of amides is 1. The number of carbonyl (C=O) groups is 1. The third-order valence-electron chi connectivity index (χ3n) is 3.59. The Morgan fingerprint density at radius 3 is 2.89 bits per heavy atom. The van der Waals surface area contributed by atoms with Gasteiger partial charge >= 0.3 is 0 Å². The van der Waals surface area contributed by atoms with Gasteiger partial charge in [0, 0.05) is 25.8 Å². The maximum atomic E-state index is 12.1. The molecule has 1 saturated heterocycles. The summed E-state index contributed by atoms with van der Waals surface area (Å²) in [7, 11) is 0. The monoisotopic (exact) mass is 260 g/mol. The first-order valence-electron chi connectivity index (χ1n) is 6.48. The smallest absolute Gasteiger partial charge is 0.257 e. The molecule has 0 unspecified atom stereocenters. The Hall–Kier alpha value is -2.11. The minimum absolute atomic E-state index is 0.0629. The summed E-state index contributed by atoms with van der Waals surface area (Å²) < 4.78 is 6.81. The molecule has 1 amide bonds. The second-order valence-corrected chi connectivity index (χ2v) is 4.87. The fraction of sp³-hybridized carbons (Fsp3) is 0.462. The normalized spacial score (nSPS) is 16.7. The lowest BCUT2D eigenvalue weighted by atomic mass is 9.96. The van der Waals surface area contributed by atoms with Crippen molar-refractivity contribution in [3.05, 3.63) is 36.5 Å². The number of carbonyl (C=O) groups excluding carboxylic acids is 1. The molecule has 1 aliphatic rings. The molecule has 1 fully saturated rings. The zero-order valence-electron chi connectivity index (χ0n) is 10.6. The highest BCUT2D eigenvalue weighted by Gasteiger charge is 2.24. The molecule has 0 aliphatic carbocycles. The van der Waals surface area contributed by atoms with Crippen LogP contribution in [0.15, 0.2) is 35.4 Å². The van der Waals surface area contributed by atoms with Crippen LogP contribution in [0, 0.1) is 5.92 Å². The molecule has 0 spiro atoms. The first-order valence-corrected chi connectivity index (χ1v) is 6.48. The minimum Gasteiger partial charge on any atom is -0.472 e. The van der Waals surface area contributed by atoms with Crippen molar-refractivity contribution in [1.82, 2.24) is 19.9 Å². The molecule has 0 aromatic carbocycles. The fourth-order valence-electron chi connectivity index (χ4n) is 2.48. The Morgan fingerprint density at radius 1 is 1.42 bits per heavy atom. The van der Waals surface area contributed by atoms with Crippen molar-refractivity contribution in [2.45, 2.75) is 19.4 Å². The third kappa shape index (κ3) is 2.67. The number of hydrogen-bond acceptors (Lipinski definition) is 4. The first-order chi connectivity index (χ1) is 9.33. The van der Waals surface area contributed by atoms with Crippen LogP contribution in [-0.2, 0) is 6.54 Å². The number of likely N-dealkylation sites (tertiary alicyclic amines) is 1. The standard InChI is InChI=1S/C13H16N4O2/c18-13(12-3-8-19-10-12)16-5-1-11(2-6-16)9-17-7-4-14-15-17/h3-4,7-8,10-11H,1-2,5-6,9H2. The first kappa shape index (κ1) is 12.0. The van der Waals surface area contributed by atoms with Crippen molar-refractivity contribution < 1.29 is 9.21 Å². The largest absolute Gasteiger partial charge is 0.472 e. The highest BCUT2D eigenvalue weighted by Crippen LogP contribution is 2.20. The molecule has 2 aromatic rings. The summed E-state index contributed by atoms with van der Waals surface area (Å²) in [6, 6.07) is 1.71. The van der Waals surface area contributed by atoms with Gasteiger partial charge in [-0.1, -0.05) is 5.21 Å². The van der Waals surface area contributed by atoms with Crippen molar-refractivity contribution in [1.29, 1.82) is 0 Å². The van der Waals surface area contributed by atoms with Crippen molar-refractivity contribution in [2.75, 3.05) is 13.1 Å². The molecule has 19 heavy (non-hydrogen) atoms. The summed E-state index contributed by atoms with van der Waals surface area (Å²) in [6.07, 6.45) is 8.61. The van der Waals surface area contributed by atoms with Gasteiger partial charge in [-0.05, 0) is 24.8 Å². The van der Waals surface area contributed by atoms with Crippen molar-refractivity contribution in [2.24, 2.45) is 5.92 Å². The average molecular weight is 260 g/mol. The number of rotatable bonds is 3. The molecule has 6 heteroatoms. The second kappa shape index (κ2) is 5.26. The van der Waals surface area contributed by atoms with Crippen LogP contribution in [0.3, 0.4) is 0 Å². The van der Waals surface area contributed by atoms with Gasteiger partial charge in [-0.3, -0.25) is 9.48 Å². The van der Waals surface area contributed by atoms with Crippen LogP contribution >= 0.6 is 0 Å². The van der Waals surface area contributed by atoms with Crippen molar-refractivity contribution >= 4 is 5.91 Å². The lowest BCUT2D eigenvalue weighted by Crippen LogP contribution is -2.39. The molecule has 3 heterocycles. The number of furan rings is 1. The molecular weight excluding hydrogens is 244 g/mol. The molecule has 0 N–H and O–H groups in total. The quantitative estimate of drug-likeness (QED) is 0.837. The van der Waals surface area contributed by atoms with Gasteiger partial charge < -0.3 is 9.32 Å². The van der Waals surface area contributed by atoms with Crippen LogP contribution in [-0.4, -0.2) is 38.9 Å². The van der Waals surface area contributed by atoms with Crippen LogP contribution in [0.4, 0.5) is 0 Å². The third-order valence-corrected chi connectivity index (χ3v) is 3.59. The van der Waals surface area contributed by atoms with E-state index in [-0.39, 0.29) is 5.91 Å². The van der Waals surface area contributed by atoms with Crippen LogP contribution < -0.4 is 0 Å². The van der Waals surface area contributed by atoms with E-state index in [2.05, 4.69) is 10.3 Å². The van der Waals surface area contributed by atoms with Gasteiger partial charge in [-0.15, -0.1) is 5.10 Å². The Kier molecular flexibility index (Phi) is 3.31. The van der Waals surface area contributed by atoms with E-state index in [1.165, 1.54) is 12.5 Å². The topological polar surface area (TPSA) is 64.2 Å². The van der Waals surface area contributed by atoms with E-state index in [4.69, 9.17) is 4.42 Å². The molecule has 1 aliphatic heterocycles. The van der Waals surface area contributed by atoms with Crippen LogP contribution in [0.2, 0.25) is 0 Å². The van der Waals surface area contributed by atoms with Crippen LogP contribution in [0.5, 0.6) is 0 Å². The molecule has 0 radical (unpaired) electrons. The highest BCUT2D eigenvalue weighted by atomic mass is 16.3. The van der Waals surface area contributed by atoms with E-state index in [1.54, 1.807) is 12.3 Å². The van der Waals surface area contributed by atoms with Gasteiger partial charge in [-0.25, -0.2) is 0 Å². The molecular formula is C13H16N4O2. The van der Waals surface area contributed by atoms with E-state index in [9.17, 15) is 4.79 Å². The lowest BCUT2D eigenvalue weighted by molar-refractivity contribution is 0.0680. The predicted octanol–water partition coefficient (Wildman–Crippen LogP) is 1.42. The Balaban J connectivity index is 1.53. The summed E-state index contributed by atoms with van der Waals surface area (Å²) >= 11 is 0. The summed E-state index contributed by atoms with van der Waals surface area (Å²) in [4.78, 5) is 14.0. The van der Waals surface area contributed by atoms with E-state index in [0.717, 1.165) is 32.5 Å². The highest BCUT2D eigenvalue weighted by molar-refractivity contribution is 5.93. The lowest BCUT2D eigenvalue weighted by Gasteiger charge is -2.31. The summed E-state index contributed by atoms with van der Waals surface area (Å²) in [5.41, 5.74) is 0.634. The number of hydrogen-bond donors (Lipinski definition) is 0. The number of piperidine rings is 1. The number of aromatic nitrogens is 3. The predicted molar refractivity (Wildman–Crippen MR) is 67.4 cm³/mol. The van der Waals surface area contributed by atoms with Crippen molar-refractivity contribution in [3.8, 4) is 0 Å². The maximum Gasteiger partial charge on any atom is 0.257 e. The average Bonchev–Trinajstić information content (AvgIpc) is 3.12. The van der Waals surface area contributed by atoms with Gasteiger partial charge in [0.25, 0.3) is 5.91 Å². The fourth-order valence-corrected chi connectivity index (χ4v) is 2.48. The molecule has 6 nitrogen and oxygen atoms in total. The van der Waals surface area contributed by atoms with Gasteiger partial charge in [0.1, 0.15) is 6.26 Å². The Bertz CT molecular complexity index is 513. The van der Waals surface area contributed by atoms with Gasteiger partial charge in [0.15, 0.2) is 0 Å². The van der Waals surface area contributed by atoms with Gasteiger partial charge in [0.05, 0.1) is 18.0 Å². The zero-order chi connectivity index (χ0) is 13.1. The summed E-state index contributed by atoms with van der Waals surface area (Å²) in [5.74, 6) is 0.628. The molecule has 100 valence electrons. The van der Waals surface area contributed by atoms with Gasteiger partial charge in [-0.2, -0.15) is 0 Å². The summed E-state index contributed by atoms with van der Waals surface area (Å²) in [6.45, 7) is 2.47. The second-order valence-electron chi connectivity index (χ2n) is 4.87. The van der Waals surface area contributed by atoms with E-state index < -0.39 is 0 Å². The number of nitrogens with zero attached hydrogens (tertiary/aromatic N) is 4. The Morgan fingerprint density at radius 2 is 2.26 bits per heavy atom. The van der Waals surface area contributed by atoms with E-state index in [0.29, 0.717) is 11.5 Å². The molecule has 0 atom stereocenters. The van der Waals surface area contributed by atoms with Crippen molar-refractivity contribution in [3.63, 3.8) is 0 Å². The Labute approximate surface area is 111 Å². The van der Waals surface area contributed by atoms with Crippen LogP contribution in [0.25, 0.3) is 0 Å². The van der Waals surface area contributed by atoms with Crippen LogP contribution in [0.1, 0.15) is 23.2 Å². The van der Waals surface area contributed by atoms with Gasteiger partial charge in [0.2, 0.25) is 0 Å². The summed E-state index contributed by atoms with van der Waals surface area (Å²) in [5, 5.41) is 7.78. The maximum absolute atomic E-state index is 12.1. The zero-order valence-corrected chi connectivity index (χ0v) is 10.6.